The van der Waals surface area contributed by atoms with Crippen LogP contribution in [0.4, 0.5) is 0 Å². The molecule has 1 N–H and O–H groups in total. The first kappa shape index (κ1) is 32.7. The van der Waals surface area contributed by atoms with Gasteiger partial charge in [-0.1, -0.05) is 66.7 Å². The minimum atomic E-state index is -0.279. The quantitative estimate of drug-likeness (QED) is 0.170. The maximum atomic E-state index is 13.1. The summed E-state index contributed by atoms with van der Waals surface area (Å²) in [5.74, 6) is 3.85. The second kappa shape index (κ2) is 11.2. The van der Waals surface area contributed by atoms with Crippen LogP contribution in [0.3, 0.4) is 0 Å². The third-order valence-electron chi connectivity index (χ3n) is 15.3. The highest BCUT2D eigenvalue weighted by Gasteiger charge is 2.83. The molecule has 0 bridgehead atoms. The number of benzene rings is 1. The number of aromatic hydroxyl groups is 1. The predicted octanol–water partition coefficient (Wildman–Crippen LogP) is 10.4. The van der Waals surface area contributed by atoms with E-state index in [0.29, 0.717) is 39.2 Å². The van der Waals surface area contributed by atoms with E-state index < -0.39 is 0 Å². The van der Waals surface area contributed by atoms with Gasteiger partial charge in [0.2, 0.25) is 0 Å². The molecule has 0 amide bonds. The van der Waals surface area contributed by atoms with Crippen LogP contribution in [0, 0.1) is 56.7 Å². The van der Waals surface area contributed by atoms with Gasteiger partial charge >= 0.3 is 5.97 Å². The molecule has 5 aliphatic carbocycles. The summed E-state index contributed by atoms with van der Waals surface area (Å²) >= 11 is 0. The Balaban J connectivity index is 1.15. The molecule has 5 fully saturated rings. The average Bonchev–Trinajstić information content (AvgIpc) is 3.53. The number of carbonyl (C=O) groups is 1. The molecule has 9 atom stereocenters. The van der Waals surface area contributed by atoms with Gasteiger partial charge in [-0.15, -0.1) is 0 Å². The molecule has 6 rings (SSSR count). The van der Waals surface area contributed by atoms with E-state index in [9.17, 15) is 9.90 Å². The summed E-state index contributed by atoms with van der Waals surface area (Å²) in [6.45, 7) is 21.7. The summed E-state index contributed by atoms with van der Waals surface area (Å²) in [6, 6.07) is 5.08. The van der Waals surface area contributed by atoms with E-state index in [-0.39, 0.29) is 23.2 Å². The van der Waals surface area contributed by atoms with Crippen molar-refractivity contribution in [1.29, 1.82) is 0 Å². The van der Waals surface area contributed by atoms with E-state index >= 15 is 0 Å². The molecular formula is C41H60O4. The van der Waals surface area contributed by atoms with Gasteiger partial charge in [0.05, 0.1) is 7.11 Å². The van der Waals surface area contributed by atoms with E-state index in [0.717, 1.165) is 29.7 Å². The molecule has 5 saturated carbocycles. The number of hydrogen-bond donors (Lipinski definition) is 1. The molecule has 0 heterocycles. The number of ether oxygens (including phenoxy) is 2. The molecular weight excluding hydrogens is 556 g/mol. The molecule has 248 valence electrons. The second-order valence-electron chi connectivity index (χ2n) is 17.5. The number of methoxy groups -OCH3 is 1. The average molecular weight is 617 g/mol. The third-order valence-corrected chi connectivity index (χ3v) is 15.3. The maximum absolute atomic E-state index is 13.1. The lowest BCUT2D eigenvalue weighted by Gasteiger charge is -2.64. The van der Waals surface area contributed by atoms with Crippen molar-refractivity contribution in [2.45, 2.75) is 125 Å². The number of allylic oxidation sites excluding steroid dienone is 1. The van der Waals surface area contributed by atoms with Gasteiger partial charge in [0.1, 0.15) is 6.10 Å². The number of esters is 1. The zero-order chi connectivity index (χ0) is 32.6. The van der Waals surface area contributed by atoms with Crippen LogP contribution in [0.5, 0.6) is 11.5 Å². The van der Waals surface area contributed by atoms with E-state index in [1.54, 1.807) is 24.3 Å². The van der Waals surface area contributed by atoms with E-state index in [1.165, 1.54) is 83.0 Å². The molecule has 4 heteroatoms. The molecule has 0 aromatic heterocycles. The zero-order valence-electron chi connectivity index (χ0n) is 29.5. The number of phenolic OH excluding ortho intramolecular Hbond substituents is 1. The van der Waals surface area contributed by atoms with Crippen LogP contribution >= 0.6 is 0 Å². The molecule has 0 aliphatic heterocycles. The fourth-order valence-corrected chi connectivity index (χ4v) is 12.7. The first-order valence-corrected chi connectivity index (χ1v) is 18.1. The van der Waals surface area contributed by atoms with Crippen LogP contribution in [0.1, 0.15) is 125 Å². The SMILES string of the molecule is C=C(CC[C@H](C)[C@@H]1CCC2[C@@]1(C)CC[C@]13C[C@]14CC[C@@H](OC(=O)C=Cc1ccc(O)c(OC)c1)C(C)(C)[C@H]4CC[C@]23C)C(C)C. The van der Waals surface area contributed by atoms with E-state index in [2.05, 4.69) is 55.0 Å². The van der Waals surface area contributed by atoms with Crippen LogP contribution in [-0.2, 0) is 9.53 Å². The second-order valence-corrected chi connectivity index (χ2v) is 17.5. The van der Waals surface area contributed by atoms with Crippen molar-refractivity contribution in [3.8, 4) is 11.5 Å². The lowest BCUT2D eigenvalue weighted by molar-refractivity contribution is -0.185. The largest absolute Gasteiger partial charge is 0.504 e. The Kier molecular flexibility index (Phi) is 8.13. The smallest absolute Gasteiger partial charge is 0.331 e. The van der Waals surface area contributed by atoms with Crippen molar-refractivity contribution in [2.24, 2.45) is 56.7 Å². The Morgan fingerprint density at radius 2 is 1.78 bits per heavy atom. The Bertz CT molecular complexity index is 1360. The summed E-state index contributed by atoms with van der Waals surface area (Å²) in [4.78, 5) is 13.1. The van der Waals surface area contributed by atoms with Gasteiger partial charge < -0.3 is 14.6 Å². The van der Waals surface area contributed by atoms with E-state index in [4.69, 9.17) is 9.47 Å². The summed E-state index contributed by atoms with van der Waals surface area (Å²) < 4.78 is 11.5. The molecule has 1 aromatic carbocycles. The monoisotopic (exact) mass is 616 g/mol. The molecule has 1 unspecified atom stereocenters. The number of rotatable bonds is 9. The summed E-state index contributed by atoms with van der Waals surface area (Å²) in [6.07, 6.45) is 17.5. The van der Waals surface area contributed by atoms with Gasteiger partial charge in [-0.2, -0.15) is 0 Å². The maximum Gasteiger partial charge on any atom is 0.331 e. The highest BCUT2D eigenvalue weighted by atomic mass is 16.5. The van der Waals surface area contributed by atoms with Crippen molar-refractivity contribution in [3.63, 3.8) is 0 Å². The van der Waals surface area contributed by atoms with Crippen LogP contribution < -0.4 is 4.74 Å². The summed E-state index contributed by atoms with van der Waals surface area (Å²) in [7, 11) is 1.52. The van der Waals surface area contributed by atoms with Gasteiger partial charge in [0, 0.05) is 11.5 Å². The Morgan fingerprint density at radius 1 is 1.02 bits per heavy atom. The van der Waals surface area contributed by atoms with Gasteiger partial charge in [-0.25, -0.2) is 4.79 Å². The number of hydrogen-bond acceptors (Lipinski definition) is 4. The topological polar surface area (TPSA) is 55.8 Å². The van der Waals surface area contributed by atoms with Crippen LogP contribution in [0.25, 0.3) is 6.08 Å². The van der Waals surface area contributed by atoms with Crippen molar-refractivity contribution in [1.82, 2.24) is 0 Å². The first-order chi connectivity index (χ1) is 21.1. The molecule has 0 radical (unpaired) electrons. The highest BCUT2D eigenvalue weighted by molar-refractivity contribution is 5.87. The highest BCUT2D eigenvalue weighted by Crippen LogP contribution is 2.90. The van der Waals surface area contributed by atoms with Crippen molar-refractivity contribution >= 4 is 12.0 Å². The minimum Gasteiger partial charge on any atom is -0.504 e. The standard InChI is InChI=1S/C41H60O4/c1-26(2)27(3)10-11-28(4)30-14-16-34-38(30,7)22-23-41-25-40(41)21-19-35(37(5,6)33(40)18-20-39(34,41)8)45-36(43)17-13-29-12-15-31(42)32(24-29)44-9/h12-13,15,17,24,26,28,30,33-35,42H,3,10-11,14,16,18-23,25H2,1-2,4-9H3/t28-,30-,33+,34?,35+,38-,39+,40-,41+/m0/s1. The fraction of sp³-hybridized carbons (Fsp3) is 0.732. The number of carbonyl (C=O) groups excluding carboxylic acids is 1. The van der Waals surface area contributed by atoms with E-state index in [1.807, 2.05) is 0 Å². The van der Waals surface area contributed by atoms with Gasteiger partial charge in [0.25, 0.3) is 0 Å². The van der Waals surface area contributed by atoms with Crippen LogP contribution in [0.2, 0.25) is 0 Å². The lowest BCUT2D eigenvalue weighted by atomic mass is 9.41. The number of fused-ring (bicyclic) bond motifs is 2. The third kappa shape index (κ3) is 4.85. The minimum absolute atomic E-state index is 0.0410. The van der Waals surface area contributed by atoms with Gasteiger partial charge in [-0.05, 0) is 146 Å². The Hall–Kier alpha value is -2.23. The van der Waals surface area contributed by atoms with Crippen molar-refractivity contribution < 1.29 is 19.4 Å². The summed E-state index contributed by atoms with van der Waals surface area (Å²) in [5.41, 5.74) is 3.97. The number of phenols is 1. The molecule has 2 spiro atoms. The summed E-state index contributed by atoms with van der Waals surface area (Å²) in [5, 5.41) is 9.89. The first-order valence-electron chi connectivity index (χ1n) is 18.1. The van der Waals surface area contributed by atoms with Gasteiger partial charge in [-0.3, -0.25) is 0 Å². The van der Waals surface area contributed by atoms with Gasteiger partial charge in [0.15, 0.2) is 11.5 Å². The van der Waals surface area contributed by atoms with Crippen molar-refractivity contribution in [2.75, 3.05) is 7.11 Å². The zero-order valence-corrected chi connectivity index (χ0v) is 29.5. The Labute approximate surface area is 273 Å². The lowest BCUT2D eigenvalue weighted by Crippen LogP contribution is -2.58. The van der Waals surface area contributed by atoms with Crippen LogP contribution in [0.15, 0.2) is 36.4 Å². The molecule has 4 nitrogen and oxygen atoms in total. The Morgan fingerprint density at radius 3 is 2.49 bits per heavy atom. The molecule has 45 heavy (non-hydrogen) atoms. The molecule has 0 saturated heterocycles. The normalized spacial score (nSPS) is 40.2. The molecule has 1 aromatic rings. The molecule has 5 aliphatic rings. The fourth-order valence-electron chi connectivity index (χ4n) is 12.7. The predicted molar refractivity (Wildman–Crippen MR) is 183 cm³/mol. The van der Waals surface area contributed by atoms with Crippen LogP contribution in [-0.4, -0.2) is 24.3 Å². The van der Waals surface area contributed by atoms with Crippen molar-refractivity contribution in [3.05, 3.63) is 42.0 Å².